The summed E-state index contributed by atoms with van der Waals surface area (Å²) < 4.78 is 34.0. The van der Waals surface area contributed by atoms with Crippen LogP contribution in [0.15, 0.2) is 11.1 Å². The van der Waals surface area contributed by atoms with Crippen molar-refractivity contribution >= 4 is 17.8 Å². The number of hydrogen-bond acceptors (Lipinski definition) is 10. The number of ketones is 1. The minimum atomic E-state index is -0.860. The molecule has 2 saturated heterocycles. The minimum Gasteiger partial charge on any atom is -0.458 e. The van der Waals surface area contributed by atoms with Crippen LogP contribution in [-0.4, -0.2) is 94.0 Å². The van der Waals surface area contributed by atoms with Crippen LogP contribution in [0, 0.1) is 17.3 Å². The van der Waals surface area contributed by atoms with E-state index in [2.05, 4.69) is 12.2 Å². The first kappa shape index (κ1) is 26.2. The maximum absolute atomic E-state index is 13.8. The lowest BCUT2D eigenvalue weighted by Crippen LogP contribution is -2.64. The van der Waals surface area contributed by atoms with Crippen LogP contribution < -0.4 is 11.1 Å². The number of ether oxygens (including phenoxy) is 6. The molecule has 3 aliphatic carbocycles. The molecule has 7 unspecified atom stereocenters. The van der Waals surface area contributed by atoms with E-state index in [9.17, 15) is 14.4 Å². The van der Waals surface area contributed by atoms with Gasteiger partial charge < -0.3 is 39.5 Å². The lowest BCUT2D eigenvalue weighted by Gasteiger charge is -2.52. The molecule has 2 spiro atoms. The second kappa shape index (κ2) is 9.85. The predicted octanol–water partition coefficient (Wildman–Crippen LogP) is 1.02. The number of carbonyl (C=O) groups excluding carboxylic acids is 3. The molecule has 7 atom stereocenters. The Labute approximate surface area is 222 Å². The zero-order valence-corrected chi connectivity index (χ0v) is 22.0. The van der Waals surface area contributed by atoms with E-state index in [4.69, 9.17) is 34.2 Å². The summed E-state index contributed by atoms with van der Waals surface area (Å²) in [5, 5.41) is 2.66. The summed E-state index contributed by atoms with van der Waals surface area (Å²) >= 11 is 0. The van der Waals surface area contributed by atoms with E-state index in [0.29, 0.717) is 71.8 Å². The zero-order valence-electron chi connectivity index (χ0n) is 22.0. The molecule has 11 nitrogen and oxygen atoms in total. The third kappa shape index (κ3) is 3.84. The number of rotatable bonds is 12. The minimum absolute atomic E-state index is 0.0203. The highest BCUT2D eigenvalue weighted by Gasteiger charge is 2.93. The first-order valence-corrected chi connectivity index (χ1v) is 13.9. The molecule has 4 fully saturated rings. The highest BCUT2D eigenvalue weighted by atomic mass is 16.7. The fourth-order valence-electron chi connectivity index (χ4n) is 7.91. The summed E-state index contributed by atoms with van der Waals surface area (Å²) in [7, 11) is 0. The van der Waals surface area contributed by atoms with Gasteiger partial charge in [-0.3, -0.25) is 4.79 Å². The summed E-state index contributed by atoms with van der Waals surface area (Å²) in [6, 6.07) is 0. The van der Waals surface area contributed by atoms with Gasteiger partial charge in [-0.25, -0.2) is 9.59 Å². The molecule has 210 valence electrons. The van der Waals surface area contributed by atoms with E-state index >= 15 is 0 Å². The van der Waals surface area contributed by atoms with E-state index in [1.807, 2.05) is 0 Å². The number of Topliss-reactive ketones (excluding diaryl/α,β-unsaturated/α-hetero) is 1. The normalized spacial score (nSPS) is 39.8. The molecule has 3 aliphatic heterocycles. The third-order valence-corrected chi connectivity index (χ3v) is 9.69. The van der Waals surface area contributed by atoms with Gasteiger partial charge >= 0.3 is 12.1 Å². The fourth-order valence-corrected chi connectivity index (χ4v) is 7.91. The standard InChI is InChI=1S/C27H38N2O9/c1-25-5-4-17-18(15-36-23(17)31)19(25)14-20-26(37-20)22(30)16(13-21-27(25,26)38-21)3-2-8-35-24(32)29-7-10-34-12-11-33-9-6-28/h16,19-21H,2-15,28H2,1H3,(H,29,32). The summed E-state index contributed by atoms with van der Waals surface area (Å²) in [4.78, 5) is 37.9. The van der Waals surface area contributed by atoms with Crippen LogP contribution in [0.5, 0.6) is 0 Å². The number of fused-ring (bicyclic) bond motifs is 2. The Morgan fingerprint density at radius 2 is 1.89 bits per heavy atom. The molecule has 6 rings (SSSR count). The van der Waals surface area contributed by atoms with Crippen molar-refractivity contribution in [3.63, 3.8) is 0 Å². The van der Waals surface area contributed by atoms with Gasteiger partial charge in [-0.15, -0.1) is 0 Å². The number of esters is 1. The van der Waals surface area contributed by atoms with Crippen molar-refractivity contribution in [3.8, 4) is 0 Å². The van der Waals surface area contributed by atoms with Crippen LogP contribution in [0.2, 0.25) is 0 Å². The molecule has 11 heteroatoms. The van der Waals surface area contributed by atoms with Gasteiger partial charge in [0.2, 0.25) is 0 Å². The van der Waals surface area contributed by atoms with Crippen LogP contribution in [0.25, 0.3) is 0 Å². The molecular formula is C27H38N2O9. The average molecular weight is 535 g/mol. The first-order chi connectivity index (χ1) is 18.4. The van der Waals surface area contributed by atoms with Crippen molar-refractivity contribution in [1.82, 2.24) is 5.32 Å². The zero-order chi connectivity index (χ0) is 26.5. The summed E-state index contributed by atoms with van der Waals surface area (Å²) in [6.45, 7) is 5.42. The molecule has 0 aromatic heterocycles. The smallest absolute Gasteiger partial charge is 0.407 e. The number of hydrogen-bond donors (Lipinski definition) is 2. The van der Waals surface area contributed by atoms with Gasteiger partial charge in [-0.05, 0) is 50.0 Å². The second-order valence-corrected chi connectivity index (χ2v) is 11.5. The van der Waals surface area contributed by atoms with Crippen molar-refractivity contribution in [3.05, 3.63) is 11.1 Å². The van der Waals surface area contributed by atoms with Gasteiger partial charge in [-0.1, -0.05) is 6.92 Å². The Kier molecular flexibility index (Phi) is 6.79. The number of carbonyl (C=O) groups is 3. The summed E-state index contributed by atoms with van der Waals surface area (Å²) in [5.41, 5.74) is 5.57. The molecule has 2 saturated carbocycles. The Balaban J connectivity index is 0.970. The summed E-state index contributed by atoms with van der Waals surface area (Å²) in [6.07, 6.45) is 3.41. The monoisotopic (exact) mass is 534 g/mol. The maximum Gasteiger partial charge on any atom is 0.407 e. The van der Waals surface area contributed by atoms with Crippen LogP contribution in [-0.2, 0) is 38.0 Å². The van der Waals surface area contributed by atoms with Crippen molar-refractivity contribution < 1.29 is 42.8 Å². The van der Waals surface area contributed by atoms with Crippen molar-refractivity contribution in [1.29, 1.82) is 0 Å². The predicted molar refractivity (Wildman–Crippen MR) is 131 cm³/mol. The van der Waals surface area contributed by atoms with Crippen molar-refractivity contribution in [2.45, 2.75) is 68.9 Å². The molecular weight excluding hydrogens is 496 g/mol. The van der Waals surface area contributed by atoms with Crippen molar-refractivity contribution in [2.24, 2.45) is 23.0 Å². The first-order valence-electron chi connectivity index (χ1n) is 13.9. The Morgan fingerprint density at radius 3 is 2.71 bits per heavy atom. The quantitative estimate of drug-likeness (QED) is 0.211. The molecule has 0 aromatic carbocycles. The Hall–Kier alpha value is -2.05. The lowest BCUT2D eigenvalue weighted by atomic mass is 9.47. The van der Waals surface area contributed by atoms with E-state index < -0.39 is 17.3 Å². The molecule has 6 aliphatic rings. The van der Waals surface area contributed by atoms with Gasteiger partial charge in [0.1, 0.15) is 12.2 Å². The van der Waals surface area contributed by atoms with Gasteiger partial charge in [-0.2, -0.15) is 0 Å². The van der Waals surface area contributed by atoms with Gasteiger partial charge in [0.15, 0.2) is 11.4 Å². The van der Waals surface area contributed by atoms with Gasteiger partial charge in [0.25, 0.3) is 0 Å². The van der Waals surface area contributed by atoms with E-state index in [-0.39, 0.29) is 47.8 Å². The molecule has 1 amide bonds. The van der Waals surface area contributed by atoms with Crippen LogP contribution in [0.4, 0.5) is 4.79 Å². The molecule has 38 heavy (non-hydrogen) atoms. The van der Waals surface area contributed by atoms with Crippen LogP contribution in [0.3, 0.4) is 0 Å². The number of amides is 1. The molecule has 3 N–H and O–H groups in total. The third-order valence-electron chi connectivity index (χ3n) is 9.69. The number of epoxide rings is 2. The highest BCUT2D eigenvalue weighted by molar-refractivity contribution is 5.97. The van der Waals surface area contributed by atoms with E-state index in [0.717, 1.165) is 24.0 Å². The molecule has 0 aromatic rings. The Bertz CT molecular complexity index is 1030. The second-order valence-electron chi connectivity index (χ2n) is 11.5. The van der Waals surface area contributed by atoms with Crippen LogP contribution >= 0.6 is 0 Å². The van der Waals surface area contributed by atoms with E-state index in [1.165, 1.54) is 0 Å². The highest BCUT2D eigenvalue weighted by Crippen LogP contribution is 2.78. The fraction of sp³-hybridized carbons (Fsp3) is 0.815. The van der Waals surface area contributed by atoms with E-state index in [1.54, 1.807) is 0 Å². The topological polar surface area (TPSA) is 151 Å². The lowest BCUT2D eigenvalue weighted by molar-refractivity contribution is -0.138. The summed E-state index contributed by atoms with van der Waals surface area (Å²) in [5.74, 6) is -0.0624. The number of cyclic esters (lactones) is 1. The number of nitrogens with one attached hydrogen (secondary N) is 1. The molecule has 0 radical (unpaired) electrons. The average Bonchev–Trinajstić information content (AvgIpc) is 3.79. The van der Waals surface area contributed by atoms with Crippen LogP contribution in [0.1, 0.15) is 45.4 Å². The van der Waals surface area contributed by atoms with Gasteiger partial charge in [0, 0.05) is 30.0 Å². The van der Waals surface area contributed by atoms with Crippen molar-refractivity contribution in [2.75, 3.05) is 52.7 Å². The molecule has 0 bridgehead atoms. The SMILES string of the molecule is CC12CCC3=C(COC3=O)C1CC1OC13C(=O)C(CCCOC(=O)NCCOCCOCCN)CC1OC123. The maximum atomic E-state index is 13.8. The Morgan fingerprint density at radius 1 is 1.08 bits per heavy atom. The van der Waals surface area contributed by atoms with Gasteiger partial charge in [0.05, 0.1) is 45.2 Å². The number of alkyl carbamates (subject to hydrolysis) is 1. The largest absolute Gasteiger partial charge is 0.458 e. The molecule has 3 heterocycles. The number of nitrogens with two attached hydrogens (primary N) is 1.